The average Bonchev–Trinajstić information content (AvgIpc) is 3.46. The van der Waals surface area contributed by atoms with Gasteiger partial charge in [0, 0.05) is 35.2 Å². The van der Waals surface area contributed by atoms with Gasteiger partial charge >= 0.3 is 0 Å². The van der Waals surface area contributed by atoms with Crippen molar-refractivity contribution in [1.29, 1.82) is 0 Å². The van der Waals surface area contributed by atoms with Crippen LogP contribution in [-0.2, 0) is 21.0 Å². The van der Waals surface area contributed by atoms with E-state index in [1.807, 2.05) is 42.5 Å². The Labute approximate surface area is 293 Å². The van der Waals surface area contributed by atoms with E-state index in [4.69, 9.17) is 9.57 Å². The molecule has 4 fully saturated rings. The predicted molar refractivity (Wildman–Crippen MR) is 193 cm³/mol. The van der Waals surface area contributed by atoms with Gasteiger partial charge in [0.25, 0.3) is 0 Å². The first-order valence-electron chi connectivity index (χ1n) is 18.5. The normalized spacial score (nSPS) is 28.7. The van der Waals surface area contributed by atoms with Crippen molar-refractivity contribution in [2.45, 2.75) is 117 Å². The fourth-order valence-electron chi connectivity index (χ4n) is 9.11. The Morgan fingerprint density at radius 1 is 1.12 bits per heavy atom. The summed E-state index contributed by atoms with van der Waals surface area (Å²) in [7, 11) is 1.62. The predicted octanol–water partition coefficient (Wildman–Crippen LogP) is 6.57. The number of para-hydroxylation sites is 1. The lowest BCUT2D eigenvalue weighted by Crippen LogP contribution is -2.62. The van der Waals surface area contributed by atoms with Crippen LogP contribution in [0, 0.1) is 35.0 Å². The van der Waals surface area contributed by atoms with Crippen molar-refractivity contribution in [3.63, 3.8) is 0 Å². The largest absolute Gasteiger partial charge is 0.496 e. The zero-order chi connectivity index (χ0) is 35.5. The van der Waals surface area contributed by atoms with Gasteiger partial charge in [-0.05, 0) is 73.0 Å². The fraction of sp³-hybridized carbons (Fsp3) is 0.650. The molecule has 2 aromatic rings. The van der Waals surface area contributed by atoms with Gasteiger partial charge in [-0.25, -0.2) is 0 Å². The highest BCUT2D eigenvalue weighted by Crippen LogP contribution is 2.61. The van der Waals surface area contributed by atoms with E-state index >= 15 is 0 Å². The summed E-state index contributed by atoms with van der Waals surface area (Å²) in [5, 5.41) is 29.2. The molecule has 1 saturated heterocycles. The average molecular weight is 678 g/mol. The Kier molecular flexibility index (Phi) is 12.1. The summed E-state index contributed by atoms with van der Waals surface area (Å²) in [5.41, 5.74) is 3.54. The van der Waals surface area contributed by atoms with Crippen LogP contribution in [0.3, 0.4) is 0 Å². The molecule has 1 aliphatic heterocycles. The summed E-state index contributed by atoms with van der Waals surface area (Å²) in [4.78, 5) is 33.2. The second-order valence-corrected chi connectivity index (χ2v) is 15.5. The van der Waals surface area contributed by atoms with Gasteiger partial charge in [-0.3, -0.25) is 14.4 Å². The monoisotopic (exact) mass is 677 g/mol. The number of aliphatic hydroxyl groups is 2. The van der Waals surface area contributed by atoms with E-state index in [0.717, 1.165) is 54.5 Å². The molecule has 3 aliphatic carbocycles. The van der Waals surface area contributed by atoms with Crippen LogP contribution >= 0.6 is 0 Å². The lowest BCUT2D eigenvalue weighted by Gasteiger charge is -2.62. The number of amides is 2. The molecule has 0 spiro atoms. The van der Waals surface area contributed by atoms with Crippen LogP contribution in [0.1, 0.15) is 92.1 Å². The zero-order valence-corrected chi connectivity index (χ0v) is 30.6. The molecule has 2 aromatic carbocycles. The quantitative estimate of drug-likeness (QED) is 0.168. The molecule has 4 aliphatic rings. The smallest absolute Gasteiger partial charge is 0.240 e. The minimum Gasteiger partial charge on any atom is -0.496 e. The molecule has 0 aromatic heterocycles. The third kappa shape index (κ3) is 7.85. The maximum Gasteiger partial charge on any atom is 0.240 e. The molecule has 1 heterocycles. The van der Waals surface area contributed by atoms with E-state index in [-0.39, 0.29) is 31.0 Å². The van der Waals surface area contributed by atoms with Crippen molar-refractivity contribution < 1.29 is 29.4 Å². The van der Waals surface area contributed by atoms with Gasteiger partial charge in [-0.1, -0.05) is 84.2 Å². The van der Waals surface area contributed by atoms with Crippen molar-refractivity contribution in [3.8, 4) is 16.9 Å². The molecule has 3 saturated carbocycles. The molecule has 0 radical (unpaired) electrons. The highest BCUT2D eigenvalue weighted by molar-refractivity contribution is 5.91. The number of anilines is 1. The van der Waals surface area contributed by atoms with Crippen LogP contribution in [0.4, 0.5) is 5.69 Å². The van der Waals surface area contributed by atoms with Crippen LogP contribution in [0.25, 0.3) is 11.1 Å². The second-order valence-electron chi connectivity index (χ2n) is 15.5. The first kappa shape index (κ1) is 37.3. The van der Waals surface area contributed by atoms with Gasteiger partial charge in [0.15, 0.2) is 0 Å². The van der Waals surface area contributed by atoms with Crippen molar-refractivity contribution in [2.24, 2.45) is 35.0 Å². The molecule has 49 heavy (non-hydrogen) atoms. The molecule has 270 valence electrons. The van der Waals surface area contributed by atoms with E-state index in [1.165, 1.54) is 6.42 Å². The molecule has 9 heteroatoms. The molecule has 1 unspecified atom stereocenters. The molecule has 2 amide bonds. The van der Waals surface area contributed by atoms with Crippen molar-refractivity contribution in [1.82, 2.24) is 10.4 Å². The maximum atomic E-state index is 14.1. The number of hydrogen-bond acceptors (Lipinski definition) is 7. The van der Waals surface area contributed by atoms with Crippen LogP contribution in [-0.4, -0.2) is 65.1 Å². The maximum absolute atomic E-state index is 14.1. The molecule has 4 N–H and O–H groups in total. The molecule has 2 bridgehead atoms. The van der Waals surface area contributed by atoms with E-state index in [0.29, 0.717) is 41.3 Å². The number of carbonyl (C=O) groups excluding carboxylic acids is 2. The Morgan fingerprint density at radius 2 is 1.88 bits per heavy atom. The van der Waals surface area contributed by atoms with Gasteiger partial charge in [-0.15, -0.1) is 0 Å². The summed E-state index contributed by atoms with van der Waals surface area (Å²) >= 11 is 0. The minimum atomic E-state index is -0.875. The summed E-state index contributed by atoms with van der Waals surface area (Å²) in [5.74, 6) is 1.92. The highest BCUT2D eigenvalue weighted by Gasteiger charge is 2.57. The lowest BCUT2D eigenvalue weighted by molar-refractivity contribution is -0.183. The van der Waals surface area contributed by atoms with Crippen LogP contribution in [0.5, 0.6) is 5.75 Å². The van der Waals surface area contributed by atoms with Crippen LogP contribution in [0.2, 0.25) is 0 Å². The van der Waals surface area contributed by atoms with Gasteiger partial charge in [0.2, 0.25) is 11.8 Å². The lowest BCUT2D eigenvalue weighted by atomic mass is 9.45. The highest BCUT2D eigenvalue weighted by atomic mass is 16.7. The number of benzene rings is 2. The van der Waals surface area contributed by atoms with Gasteiger partial charge in [0.1, 0.15) is 17.9 Å². The number of rotatable bonds is 15. The van der Waals surface area contributed by atoms with Crippen LogP contribution < -0.4 is 15.4 Å². The third-order valence-electron chi connectivity index (χ3n) is 12.2. The summed E-state index contributed by atoms with van der Waals surface area (Å²) in [6.45, 7) is 12.8. The Morgan fingerprint density at radius 3 is 2.51 bits per heavy atom. The molecular formula is C40H59N3O6. The number of nitrogens with one attached hydrogen (secondary N) is 2. The Balaban J connectivity index is 1.35. The number of ether oxygens (including phenoxy) is 1. The van der Waals surface area contributed by atoms with Gasteiger partial charge < -0.3 is 25.6 Å². The topological polar surface area (TPSA) is 120 Å². The second kappa shape index (κ2) is 15.9. The Hall–Kier alpha value is -2.98. The number of aliphatic hydroxyl groups excluding tert-OH is 2. The van der Waals surface area contributed by atoms with Gasteiger partial charge in [-0.2, -0.15) is 5.06 Å². The molecule has 9 nitrogen and oxygen atoms in total. The number of fused-ring (bicyclic) bond motifs is 2. The number of hydrogen-bond donors (Lipinski definition) is 4. The number of carbonyl (C=O) groups is 2. The number of methoxy groups -OCH3 is 1. The van der Waals surface area contributed by atoms with Crippen molar-refractivity contribution >= 4 is 17.5 Å². The fourth-order valence-corrected chi connectivity index (χ4v) is 9.11. The van der Waals surface area contributed by atoms with Gasteiger partial charge in [0.05, 0.1) is 26.4 Å². The zero-order valence-electron chi connectivity index (χ0n) is 30.6. The van der Waals surface area contributed by atoms with E-state index < -0.39 is 24.2 Å². The van der Waals surface area contributed by atoms with Crippen molar-refractivity contribution in [3.05, 3.63) is 48.0 Å². The standard InChI is InChI=1S/C40H59N3O6/c1-8-12-26(9-2)17-18-35(46)41-30-15-10-13-27(19-30)31-16-11-14-28(38(31)48-7)22-43-37(36(25(4)45)34(23-44)49-43)39(47)42-33-21-29-20-32(24(33)3)40(29,5)6/h10-11,13-16,19,24-26,29,32-34,36-37,44-45H,8-9,12,17-18,20-23H2,1-7H3,(H,41,46)(H,42,47)/t24-,25-,26?,29+,32+,33-,34-,36-,37-/m0/s1. The minimum absolute atomic E-state index is 0.0115. The molecular weight excluding hydrogens is 618 g/mol. The Bertz CT molecular complexity index is 1440. The number of hydroxylamine groups is 2. The third-order valence-corrected chi connectivity index (χ3v) is 12.2. The van der Waals surface area contributed by atoms with Crippen molar-refractivity contribution in [2.75, 3.05) is 19.0 Å². The van der Waals surface area contributed by atoms with Crippen LogP contribution in [0.15, 0.2) is 42.5 Å². The first-order chi connectivity index (χ1) is 23.4. The van der Waals surface area contributed by atoms with E-state index in [9.17, 15) is 19.8 Å². The summed E-state index contributed by atoms with van der Waals surface area (Å²) in [6.07, 6.45) is 5.29. The summed E-state index contributed by atoms with van der Waals surface area (Å²) < 4.78 is 5.99. The number of nitrogens with zero attached hydrogens (tertiary/aromatic N) is 1. The SMILES string of the molecule is CCCC(CC)CCC(=O)Nc1cccc(-c2cccc(CN3O[C@@H](CO)[C@H]([C@H](C)O)[C@H]3C(=O)N[C@H]3C[C@H]4C[C@H]([C@@H]3C)C4(C)C)c2OC)c1. The molecule has 9 atom stereocenters. The van der Waals surface area contributed by atoms with E-state index in [2.05, 4.69) is 45.3 Å². The first-order valence-corrected chi connectivity index (χ1v) is 18.5. The summed E-state index contributed by atoms with van der Waals surface area (Å²) in [6, 6.07) is 12.9. The van der Waals surface area contributed by atoms with E-state index in [1.54, 1.807) is 19.1 Å². The molecule has 6 rings (SSSR count).